The van der Waals surface area contributed by atoms with Crippen molar-refractivity contribution in [2.24, 2.45) is 0 Å². The normalized spacial score (nSPS) is 12.5. The SMILES string of the molecule is CNC(C)c1cc(F)c(C)cc1Sc1nnc(N(C)C)s1. The van der Waals surface area contributed by atoms with Crippen LogP contribution in [0.15, 0.2) is 21.4 Å². The summed E-state index contributed by atoms with van der Waals surface area (Å²) < 4.78 is 14.7. The van der Waals surface area contributed by atoms with Gasteiger partial charge in [-0.2, -0.15) is 0 Å². The van der Waals surface area contributed by atoms with Crippen molar-refractivity contribution in [3.63, 3.8) is 0 Å². The van der Waals surface area contributed by atoms with E-state index in [4.69, 9.17) is 0 Å². The fourth-order valence-electron chi connectivity index (χ4n) is 1.77. The Kier molecular flexibility index (Phi) is 5.18. The summed E-state index contributed by atoms with van der Waals surface area (Å²) in [4.78, 5) is 2.94. The van der Waals surface area contributed by atoms with E-state index in [9.17, 15) is 4.39 Å². The second kappa shape index (κ2) is 6.72. The quantitative estimate of drug-likeness (QED) is 0.911. The molecule has 0 aliphatic heterocycles. The van der Waals surface area contributed by atoms with E-state index < -0.39 is 0 Å². The van der Waals surface area contributed by atoms with E-state index in [0.717, 1.165) is 19.9 Å². The average molecular weight is 326 g/mol. The number of benzene rings is 1. The lowest BCUT2D eigenvalue weighted by atomic mass is 10.1. The predicted molar refractivity (Wildman–Crippen MR) is 87.0 cm³/mol. The van der Waals surface area contributed by atoms with Crippen LogP contribution in [0.1, 0.15) is 24.1 Å². The van der Waals surface area contributed by atoms with E-state index in [1.54, 1.807) is 13.0 Å². The molecule has 2 aromatic rings. The van der Waals surface area contributed by atoms with Crippen LogP contribution in [0.25, 0.3) is 0 Å². The fourth-order valence-corrected chi connectivity index (χ4v) is 3.79. The van der Waals surface area contributed by atoms with Gasteiger partial charge in [0.2, 0.25) is 5.13 Å². The van der Waals surface area contributed by atoms with Crippen LogP contribution in [-0.2, 0) is 0 Å². The number of halogens is 1. The average Bonchev–Trinajstić information content (AvgIpc) is 2.90. The summed E-state index contributed by atoms with van der Waals surface area (Å²) in [5.41, 5.74) is 1.58. The third-order valence-electron chi connectivity index (χ3n) is 3.17. The molecular weight excluding hydrogens is 307 g/mol. The van der Waals surface area contributed by atoms with Gasteiger partial charge in [0.05, 0.1) is 0 Å². The smallest absolute Gasteiger partial charge is 0.208 e. The van der Waals surface area contributed by atoms with Crippen molar-refractivity contribution < 1.29 is 4.39 Å². The van der Waals surface area contributed by atoms with Crippen LogP contribution in [0, 0.1) is 12.7 Å². The molecule has 0 aliphatic carbocycles. The molecule has 1 aromatic carbocycles. The first-order valence-corrected chi connectivity index (χ1v) is 8.21. The minimum absolute atomic E-state index is 0.0730. The summed E-state index contributed by atoms with van der Waals surface area (Å²) in [6, 6.07) is 3.55. The van der Waals surface area contributed by atoms with Crippen molar-refractivity contribution in [3.05, 3.63) is 29.1 Å². The van der Waals surface area contributed by atoms with Crippen molar-refractivity contribution in [3.8, 4) is 0 Å². The highest BCUT2D eigenvalue weighted by Gasteiger charge is 2.16. The van der Waals surface area contributed by atoms with Crippen LogP contribution in [0.3, 0.4) is 0 Å². The lowest BCUT2D eigenvalue weighted by Gasteiger charge is -2.16. The Morgan fingerprint density at radius 2 is 2.05 bits per heavy atom. The van der Waals surface area contributed by atoms with Crippen molar-refractivity contribution >= 4 is 28.2 Å². The van der Waals surface area contributed by atoms with Gasteiger partial charge in [0.25, 0.3) is 0 Å². The molecule has 21 heavy (non-hydrogen) atoms. The first-order chi connectivity index (χ1) is 9.92. The topological polar surface area (TPSA) is 41.1 Å². The molecule has 1 atom stereocenters. The molecule has 0 spiro atoms. The molecule has 7 heteroatoms. The summed E-state index contributed by atoms with van der Waals surface area (Å²) >= 11 is 3.06. The molecule has 0 amide bonds. The Morgan fingerprint density at radius 3 is 2.62 bits per heavy atom. The van der Waals surface area contributed by atoms with E-state index in [1.807, 2.05) is 39.0 Å². The number of hydrogen-bond acceptors (Lipinski definition) is 6. The van der Waals surface area contributed by atoms with E-state index >= 15 is 0 Å². The maximum absolute atomic E-state index is 13.8. The number of hydrogen-bond donors (Lipinski definition) is 1. The van der Waals surface area contributed by atoms with Crippen molar-refractivity contribution in [1.29, 1.82) is 0 Å². The molecule has 114 valence electrons. The molecule has 0 fully saturated rings. The highest BCUT2D eigenvalue weighted by Crippen LogP contribution is 2.37. The van der Waals surface area contributed by atoms with Crippen molar-refractivity contribution in [1.82, 2.24) is 15.5 Å². The van der Waals surface area contributed by atoms with Crippen LogP contribution in [0.4, 0.5) is 9.52 Å². The number of aryl methyl sites for hydroxylation is 1. The molecule has 0 saturated carbocycles. The standard InChI is InChI=1S/C14H19FN4S2/c1-8-6-12(10(7-11(8)15)9(2)16-3)20-14-18-17-13(21-14)19(4)5/h6-7,9,16H,1-5H3. The molecular formula is C14H19FN4S2. The zero-order valence-electron chi connectivity index (χ0n) is 12.8. The highest BCUT2D eigenvalue weighted by atomic mass is 32.2. The molecule has 1 aromatic heterocycles. The lowest BCUT2D eigenvalue weighted by molar-refractivity contribution is 0.594. The summed E-state index contributed by atoms with van der Waals surface area (Å²) in [5, 5.41) is 12.3. The largest absolute Gasteiger partial charge is 0.353 e. The zero-order valence-corrected chi connectivity index (χ0v) is 14.4. The number of nitrogens with zero attached hydrogens (tertiary/aromatic N) is 3. The maximum atomic E-state index is 13.8. The van der Waals surface area contributed by atoms with Gasteiger partial charge < -0.3 is 10.2 Å². The van der Waals surface area contributed by atoms with E-state index in [0.29, 0.717) is 5.56 Å². The maximum Gasteiger partial charge on any atom is 0.208 e. The van der Waals surface area contributed by atoms with Gasteiger partial charge in [0, 0.05) is 25.0 Å². The van der Waals surface area contributed by atoms with E-state index in [-0.39, 0.29) is 11.9 Å². The number of nitrogens with one attached hydrogen (secondary N) is 1. The fraction of sp³-hybridized carbons (Fsp3) is 0.429. The van der Waals surface area contributed by atoms with Gasteiger partial charge in [-0.3, -0.25) is 0 Å². The highest BCUT2D eigenvalue weighted by molar-refractivity contribution is 8.01. The minimum Gasteiger partial charge on any atom is -0.353 e. The summed E-state index contributed by atoms with van der Waals surface area (Å²) in [5.74, 6) is -0.178. The van der Waals surface area contributed by atoms with E-state index in [2.05, 4.69) is 15.5 Å². The van der Waals surface area contributed by atoms with Gasteiger partial charge in [-0.15, -0.1) is 10.2 Å². The van der Waals surface area contributed by atoms with Crippen LogP contribution >= 0.6 is 23.1 Å². The summed E-state index contributed by atoms with van der Waals surface area (Å²) in [6.45, 7) is 3.79. The summed E-state index contributed by atoms with van der Waals surface area (Å²) in [6.07, 6.45) is 0. The molecule has 0 saturated heterocycles. The monoisotopic (exact) mass is 326 g/mol. The zero-order chi connectivity index (χ0) is 15.6. The van der Waals surface area contributed by atoms with Gasteiger partial charge in [-0.25, -0.2) is 4.39 Å². The van der Waals surface area contributed by atoms with Gasteiger partial charge in [-0.05, 0) is 44.2 Å². The molecule has 1 heterocycles. The number of rotatable bonds is 5. The second-order valence-electron chi connectivity index (χ2n) is 5.00. The Balaban J connectivity index is 2.35. The lowest BCUT2D eigenvalue weighted by Crippen LogP contribution is -2.13. The first-order valence-electron chi connectivity index (χ1n) is 6.58. The third-order valence-corrected chi connectivity index (χ3v) is 5.38. The number of anilines is 1. The van der Waals surface area contributed by atoms with Gasteiger partial charge in [0.15, 0.2) is 4.34 Å². The minimum atomic E-state index is -0.178. The number of aromatic nitrogens is 2. The Bertz CT molecular complexity index is 627. The van der Waals surface area contributed by atoms with Crippen molar-refractivity contribution in [2.45, 2.75) is 29.1 Å². The van der Waals surface area contributed by atoms with Crippen LogP contribution in [0.2, 0.25) is 0 Å². The van der Waals surface area contributed by atoms with Gasteiger partial charge >= 0.3 is 0 Å². The summed E-state index contributed by atoms with van der Waals surface area (Å²) in [7, 11) is 5.74. The Labute approximate surface area is 132 Å². The Hall–Kier alpha value is -1.18. The van der Waals surface area contributed by atoms with Crippen molar-refractivity contribution in [2.75, 3.05) is 26.0 Å². The third kappa shape index (κ3) is 3.72. The second-order valence-corrected chi connectivity index (χ2v) is 7.24. The molecule has 0 aliphatic rings. The van der Waals surface area contributed by atoms with Crippen LogP contribution in [-0.4, -0.2) is 31.3 Å². The van der Waals surface area contributed by atoms with Crippen LogP contribution in [0.5, 0.6) is 0 Å². The molecule has 1 N–H and O–H groups in total. The molecule has 2 rings (SSSR count). The molecule has 0 radical (unpaired) electrons. The van der Waals surface area contributed by atoms with E-state index in [1.165, 1.54) is 23.1 Å². The molecule has 0 bridgehead atoms. The van der Waals surface area contributed by atoms with Crippen LogP contribution < -0.4 is 10.2 Å². The Morgan fingerprint density at radius 1 is 1.33 bits per heavy atom. The molecule has 4 nitrogen and oxygen atoms in total. The predicted octanol–water partition coefficient (Wildman–Crippen LogP) is 3.48. The molecule has 1 unspecified atom stereocenters. The van der Waals surface area contributed by atoms with Gasteiger partial charge in [0.1, 0.15) is 5.82 Å². The van der Waals surface area contributed by atoms with Gasteiger partial charge in [-0.1, -0.05) is 23.1 Å². The first kappa shape index (κ1) is 16.2.